The topological polar surface area (TPSA) is 49.3 Å². The van der Waals surface area contributed by atoms with Crippen LogP contribution in [0.3, 0.4) is 0 Å². The van der Waals surface area contributed by atoms with E-state index in [1.807, 2.05) is 25.1 Å². The first-order valence-corrected chi connectivity index (χ1v) is 7.68. The molecule has 0 atom stereocenters. The van der Waals surface area contributed by atoms with Gasteiger partial charge in [-0.15, -0.1) is 0 Å². The molecule has 0 unspecified atom stereocenters. The first-order valence-electron chi connectivity index (χ1n) is 6.09. The Labute approximate surface area is 134 Å². The molecule has 2 aromatic rings. The van der Waals surface area contributed by atoms with Gasteiger partial charge in [-0.1, -0.05) is 38.8 Å². The van der Waals surface area contributed by atoms with Crippen molar-refractivity contribution < 1.29 is 9.90 Å². The summed E-state index contributed by atoms with van der Waals surface area (Å²) in [4.78, 5) is 12.2. The Morgan fingerprint density at radius 1 is 1.15 bits per heavy atom. The smallest absolute Gasteiger partial charge is 0.259 e. The Morgan fingerprint density at radius 3 is 2.45 bits per heavy atom. The van der Waals surface area contributed by atoms with Crippen molar-refractivity contribution in [3.63, 3.8) is 0 Å². The normalized spacial score (nSPS) is 10.3. The fourth-order valence-corrected chi connectivity index (χ4v) is 2.62. The van der Waals surface area contributed by atoms with Crippen molar-refractivity contribution in [1.29, 1.82) is 0 Å². The van der Waals surface area contributed by atoms with E-state index in [0.717, 1.165) is 26.6 Å². The van der Waals surface area contributed by atoms with Crippen LogP contribution in [-0.2, 0) is 6.42 Å². The molecule has 20 heavy (non-hydrogen) atoms. The second-order valence-electron chi connectivity index (χ2n) is 4.27. The second-order valence-corrected chi connectivity index (χ2v) is 6.10. The molecular formula is C15H13Br2NO2. The van der Waals surface area contributed by atoms with Crippen molar-refractivity contribution in [3.8, 4) is 5.75 Å². The number of phenols is 1. The second kappa shape index (κ2) is 6.41. The summed E-state index contributed by atoms with van der Waals surface area (Å²) in [5.74, 6) is -0.376. The summed E-state index contributed by atoms with van der Waals surface area (Å²) in [6.45, 7) is 2.02. The molecule has 0 bridgehead atoms. The summed E-state index contributed by atoms with van der Waals surface area (Å²) < 4.78 is 1.70. The Bertz CT molecular complexity index is 656. The highest BCUT2D eigenvalue weighted by molar-refractivity contribution is 9.10. The largest absolute Gasteiger partial charge is 0.507 e. The number of hydrogen-bond donors (Lipinski definition) is 2. The van der Waals surface area contributed by atoms with Crippen molar-refractivity contribution in [1.82, 2.24) is 0 Å². The van der Waals surface area contributed by atoms with Gasteiger partial charge in [-0.2, -0.15) is 0 Å². The minimum Gasteiger partial charge on any atom is -0.507 e. The van der Waals surface area contributed by atoms with E-state index < -0.39 is 0 Å². The molecular weight excluding hydrogens is 386 g/mol. The van der Waals surface area contributed by atoms with Crippen LogP contribution in [0.25, 0.3) is 0 Å². The number of aromatic hydroxyl groups is 1. The molecule has 0 saturated heterocycles. The molecule has 104 valence electrons. The van der Waals surface area contributed by atoms with E-state index in [-0.39, 0.29) is 17.2 Å². The van der Waals surface area contributed by atoms with Gasteiger partial charge in [0.15, 0.2) is 0 Å². The van der Waals surface area contributed by atoms with Crippen molar-refractivity contribution >= 4 is 43.5 Å². The Morgan fingerprint density at radius 2 is 1.80 bits per heavy atom. The Hall–Kier alpha value is -1.33. The van der Waals surface area contributed by atoms with Crippen molar-refractivity contribution in [2.45, 2.75) is 13.3 Å². The predicted octanol–water partition coefficient (Wildman–Crippen LogP) is 4.73. The first kappa shape index (κ1) is 15.1. The van der Waals surface area contributed by atoms with Crippen LogP contribution >= 0.6 is 31.9 Å². The molecule has 0 aliphatic carbocycles. The van der Waals surface area contributed by atoms with Crippen LogP contribution in [0, 0.1) is 0 Å². The van der Waals surface area contributed by atoms with Crippen LogP contribution in [0.1, 0.15) is 22.8 Å². The lowest BCUT2D eigenvalue weighted by molar-refractivity contribution is 0.102. The average molecular weight is 399 g/mol. The van der Waals surface area contributed by atoms with E-state index >= 15 is 0 Å². The molecule has 0 saturated carbocycles. The van der Waals surface area contributed by atoms with E-state index in [2.05, 4.69) is 37.2 Å². The number of carbonyl (C=O) groups is 1. The molecule has 3 nitrogen and oxygen atoms in total. The molecule has 0 radical (unpaired) electrons. The highest BCUT2D eigenvalue weighted by atomic mass is 79.9. The van der Waals surface area contributed by atoms with Crippen molar-refractivity contribution in [2.24, 2.45) is 0 Å². The fraction of sp³-hybridized carbons (Fsp3) is 0.133. The zero-order valence-electron chi connectivity index (χ0n) is 10.8. The van der Waals surface area contributed by atoms with Gasteiger partial charge in [0.2, 0.25) is 0 Å². The molecule has 0 aromatic heterocycles. The molecule has 5 heteroatoms. The maximum Gasteiger partial charge on any atom is 0.259 e. The summed E-state index contributed by atoms with van der Waals surface area (Å²) in [6.07, 6.45) is 0.807. The van der Waals surface area contributed by atoms with E-state index in [1.165, 1.54) is 6.07 Å². The predicted molar refractivity (Wildman–Crippen MR) is 87.3 cm³/mol. The summed E-state index contributed by atoms with van der Waals surface area (Å²) in [7, 11) is 0. The molecule has 0 aliphatic heterocycles. The molecule has 2 N–H and O–H groups in total. The minimum absolute atomic E-state index is 0.0490. The SMILES string of the molecule is CCc1cc(Br)ccc1NC(=O)c1ccc(Br)cc1O. The lowest BCUT2D eigenvalue weighted by atomic mass is 10.1. The third-order valence-electron chi connectivity index (χ3n) is 2.90. The van der Waals surface area contributed by atoms with Crippen molar-refractivity contribution in [2.75, 3.05) is 5.32 Å². The van der Waals surface area contributed by atoms with Gasteiger partial charge in [-0.25, -0.2) is 0 Å². The van der Waals surface area contributed by atoms with Gasteiger partial charge in [0.05, 0.1) is 5.56 Å². The van der Waals surface area contributed by atoms with Gasteiger partial charge >= 0.3 is 0 Å². The third-order valence-corrected chi connectivity index (χ3v) is 3.89. The number of phenolic OH excluding ortho intramolecular Hbond substituents is 1. The maximum absolute atomic E-state index is 12.2. The summed E-state index contributed by atoms with van der Waals surface area (Å²) >= 11 is 6.66. The zero-order valence-corrected chi connectivity index (χ0v) is 14.0. The van der Waals surface area contributed by atoms with E-state index in [4.69, 9.17) is 0 Å². The maximum atomic E-state index is 12.2. The van der Waals surface area contributed by atoms with Crippen molar-refractivity contribution in [3.05, 3.63) is 56.5 Å². The number of hydrogen-bond acceptors (Lipinski definition) is 2. The molecule has 0 heterocycles. The summed E-state index contributed by atoms with van der Waals surface area (Å²) in [5, 5.41) is 12.6. The fourth-order valence-electron chi connectivity index (χ4n) is 1.86. The molecule has 0 aliphatic rings. The van der Waals surface area contributed by atoms with Gasteiger partial charge in [-0.05, 0) is 48.4 Å². The number of halogens is 2. The van der Waals surface area contributed by atoms with E-state index in [1.54, 1.807) is 12.1 Å². The van der Waals surface area contributed by atoms with Gasteiger partial charge < -0.3 is 10.4 Å². The highest BCUT2D eigenvalue weighted by Gasteiger charge is 2.13. The van der Waals surface area contributed by atoms with Gasteiger partial charge in [-0.3, -0.25) is 4.79 Å². The lowest BCUT2D eigenvalue weighted by Crippen LogP contribution is -2.13. The molecule has 0 fully saturated rings. The van der Waals surface area contributed by atoms with Crippen LogP contribution in [0.4, 0.5) is 5.69 Å². The van der Waals surface area contributed by atoms with Crippen LogP contribution in [0.2, 0.25) is 0 Å². The average Bonchev–Trinajstić information content (AvgIpc) is 2.40. The van der Waals surface area contributed by atoms with E-state index in [9.17, 15) is 9.90 Å². The molecule has 2 rings (SSSR count). The summed E-state index contributed by atoms with van der Waals surface area (Å²) in [6, 6.07) is 10.5. The van der Waals surface area contributed by atoms with Gasteiger partial charge in [0.25, 0.3) is 5.91 Å². The zero-order chi connectivity index (χ0) is 14.7. The lowest BCUT2D eigenvalue weighted by Gasteiger charge is -2.11. The van der Waals surface area contributed by atoms with E-state index in [0.29, 0.717) is 0 Å². The third kappa shape index (κ3) is 3.41. The van der Waals surface area contributed by atoms with Gasteiger partial charge in [0.1, 0.15) is 5.75 Å². The van der Waals surface area contributed by atoms with Gasteiger partial charge in [0, 0.05) is 14.6 Å². The van der Waals surface area contributed by atoms with Crippen LogP contribution in [0.15, 0.2) is 45.3 Å². The number of anilines is 1. The molecule has 0 spiro atoms. The number of amides is 1. The molecule has 2 aromatic carbocycles. The Kier molecular flexibility index (Phi) is 4.83. The quantitative estimate of drug-likeness (QED) is 0.784. The number of aryl methyl sites for hydroxylation is 1. The van der Waals surface area contributed by atoms with Crippen LogP contribution < -0.4 is 5.32 Å². The monoisotopic (exact) mass is 397 g/mol. The highest BCUT2D eigenvalue weighted by Crippen LogP contribution is 2.25. The number of benzene rings is 2. The number of carbonyl (C=O) groups excluding carboxylic acids is 1. The van der Waals surface area contributed by atoms with Crippen LogP contribution in [-0.4, -0.2) is 11.0 Å². The number of nitrogens with one attached hydrogen (secondary N) is 1. The minimum atomic E-state index is -0.327. The first-order chi connectivity index (χ1) is 9.51. The van der Waals surface area contributed by atoms with Crippen LogP contribution in [0.5, 0.6) is 5.75 Å². The Balaban J connectivity index is 2.28. The standard InChI is InChI=1S/C15H13Br2NO2/c1-2-9-7-10(16)4-6-13(9)18-15(20)12-5-3-11(17)8-14(12)19/h3-8,19H,2H2,1H3,(H,18,20). The summed E-state index contributed by atoms with van der Waals surface area (Å²) in [5.41, 5.74) is 2.03. The number of rotatable bonds is 3. The molecule has 1 amide bonds.